The van der Waals surface area contributed by atoms with Gasteiger partial charge in [-0.3, -0.25) is 0 Å². The van der Waals surface area contributed by atoms with E-state index in [0.717, 1.165) is 18.6 Å². The average Bonchev–Trinajstić information content (AvgIpc) is 2.15. The number of hydrogen-bond donors (Lipinski definition) is 0. The minimum Gasteiger partial charge on any atom is -0.496 e. The van der Waals surface area contributed by atoms with Crippen molar-refractivity contribution in [2.24, 2.45) is 5.92 Å². The molecule has 0 aromatic heterocycles. The minimum absolute atomic E-state index is 0.598. The summed E-state index contributed by atoms with van der Waals surface area (Å²) in [6.07, 6.45) is 11.0. The Hall–Kier alpha value is -0.980. The van der Waals surface area contributed by atoms with Crippen LogP contribution in [0.5, 0.6) is 0 Å². The summed E-state index contributed by atoms with van der Waals surface area (Å²) in [5.74, 6) is 1.61. The Morgan fingerprint density at radius 3 is 2.62 bits per heavy atom. The highest BCUT2D eigenvalue weighted by Gasteiger charge is 2.05. The summed E-state index contributed by atoms with van der Waals surface area (Å²) in [7, 11) is 1.73. The highest BCUT2D eigenvalue weighted by molar-refractivity contribution is 5.38. The molecule has 1 aliphatic rings. The third-order valence-electron chi connectivity index (χ3n) is 2.03. The first-order valence-electron chi connectivity index (χ1n) is 4.87. The van der Waals surface area contributed by atoms with Gasteiger partial charge in [-0.25, -0.2) is 0 Å². The van der Waals surface area contributed by atoms with Gasteiger partial charge in [0.25, 0.3) is 0 Å². The van der Waals surface area contributed by atoms with Crippen molar-refractivity contribution < 1.29 is 4.74 Å². The maximum absolute atomic E-state index is 5.28. The van der Waals surface area contributed by atoms with E-state index < -0.39 is 0 Å². The Kier molecular flexibility index (Phi) is 3.81. The van der Waals surface area contributed by atoms with Gasteiger partial charge in [0.05, 0.1) is 7.11 Å². The molecule has 0 atom stereocenters. The van der Waals surface area contributed by atoms with Gasteiger partial charge in [-0.05, 0) is 24.8 Å². The van der Waals surface area contributed by atoms with Crippen molar-refractivity contribution in [3.05, 3.63) is 35.6 Å². The standard InChI is InChI=1S/C12H18O/c1-10(2)8-9-11-6-4-5-7-12(11)13-3/h6-10H,4-5H2,1-3H3/b9-8-. The second-order valence-corrected chi connectivity index (χ2v) is 3.61. The van der Waals surface area contributed by atoms with Gasteiger partial charge in [0, 0.05) is 5.57 Å². The first-order valence-corrected chi connectivity index (χ1v) is 4.87. The molecule has 0 amide bonds. The minimum atomic E-state index is 0.598. The average molecular weight is 178 g/mol. The zero-order valence-electron chi connectivity index (χ0n) is 8.71. The maximum Gasteiger partial charge on any atom is 0.121 e. The van der Waals surface area contributed by atoms with E-state index in [-0.39, 0.29) is 0 Å². The third-order valence-corrected chi connectivity index (χ3v) is 2.03. The molecule has 0 N–H and O–H groups in total. The van der Waals surface area contributed by atoms with Crippen molar-refractivity contribution in [1.29, 1.82) is 0 Å². The first-order chi connectivity index (χ1) is 6.24. The predicted molar refractivity (Wildman–Crippen MR) is 56.4 cm³/mol. The van der Waals surface area contributed by atoms with Crippen LogP contribution < -0.4 is 0 Å². The molecule has 1 rings (SSSR count). The summed E-state index contributed by atoms with van der Waals surface area (Å²) in [6, 6.07) is 0. The van der Waals surface area contributed by atoms with Crippen LogP contribution >= 0.6 is 0 Å². The second kappa shape index (κ2) is 4.90. The second-order valence-electron chi connectivity index (χ2n) is 3.61. The predicted octanol–water partition coefficient (Wildman–Crippen LogP) is 3.45. The van der Waals surface area contributed by atoms with Crippen molar-refractivity contribution >= 4 is 0 Å². The summed E-state index contributed by atoms with van der Waals surface area (Å²) in [5.41, 5.74) is 1.22. The van der Waals surface area contributed by atoms with Crippen LogP contribution in [0.15, 0.2) is 35.6 Å². The fourth-order valence-corrected chi connectivity index (χ4v) is 1.32. The van der Waals surface area contributed by atoms with Gasteiger partial charge in [0.1, 0.15) is 5.76 Å². The van der Waals surface area contributed by atoms with Crippen LogP contribution in [-0.4, -0.2) is 7.11 Å². The molecule has 1 nitrogen and oxygen atoms in total. The summed E-state index contributed by atoms with van der Waals surface area (Å²) < 4.78 is 5.28. The van der Waals surface area contributed by atoms with Gasteiger partial charge >= 0.3 is 0 Å². The van der Waals surface area contributed by atoms with E-state index in [1.165, 1.54) is 5.57 Å². The first kappa shape index (κ1) is 10.1. The Morgan fingerprint density at radius 2 is 2.00 bits per heavy atom. The lowest BCUT2D eigenvalue weighted by Gasteiger charge is -2.11. The molecule has 0 saturated carbocycles. The molecule has 0 spiro atoms. The fourth-order valence-electron chi connectivity index (χ4n) is 1.32. The van der Waals surface area contributed by atoms with Crippen molar-refractivity contribution in [3.8, 4) is 0 Å². The number of hydrogen-bond acceptors (Lipinski definition) is 1. The van der Waals surface area contributed by atoms with Gasteiger partial charge in [-0.1, -0.05) is 32.1 Å². The van der Waals surface area contributed by atoms with Gasteiger partial charge in [-0.2, -0.15) is 0 Å². The molecule has 0 unspecified atom stereocenters. The van der Waals surface area contributed by atoms with Crippen LogP contribution in [0.25, 0.3) is 0 Å². The van der Waals surface area contributed by atoms with E-state index in [1.54, 1.807) is 7.11 Å². The number of methoxy groups -OCH3 is 1. The summed E-state index contributed by atoms with van der Waals surface area (Å²) in [6.45, 7) is 4.35. The Balaban J connectivity index is 2.67. The van der Waals surface area contributed by atoms with Crippen molar-refractivity contribution in [2.45, 2.75) is 26.7 Å². The molecule has 0 saturated heterocycles. The van der Waals surface area contributed by atoms with Crippen LogP contribution in [0.4, 0.5) is 0 Å². The van der Waals surface area contributed by atoms with E-state index in [4.69, 9.17) is 4.74 Å². The lowest BCUT2D eigenvalue weighted by molar-refractivity contribution is 0.299. The molecule has 0 fully saturated rings. The van der Waals surface area contributed by atoms with E-state index in [0.29, 0.717) is 5.92 Å². The van der Waals surface area contributed by atoms with Gasteiger partial charge in [0.15, 0.2) is 0 Å². The SMILES string of the molecule is COC1=CCCC=C1/C=C\C(C)C. The molecule has 1 aliphatic carbocycles. The lowest BCUT2D eigenvalue weighted by atomic mass is 10.0. The molecule has 1 heteroatoms. The molecule has 0 aromatic rings. The molecule has 0 aromatic carbocycles. The molecule has 0 bridgehead atoms. The summed E-state index contributed by atoms with van der Waals surface area (Å²) in [4.78, 5) is 0. The van der Waals surface area contributed by atoms with Crippen LogP contribution in [0, 0.1) is 5.92 Å². The van der Waals surface area contributed by atoms with Crippen LogP contribution in [-0.2, 0) is 4.74 Å². The van der Waals surface area contributed by atoms with E-state index in [2.05, 4.69) is 38.2 Å². The zero-order chi connectivity index (χ0) is 9.68. The molecule has 0 aliphatic heterocycles. The number of rotatable bonds is 3. The van der Waals surface area contributed by atoms with E-state index >= 15 is 0 Å². The third kappa shape index (κ3) is 3.10. The van der Waals surface area contributed by atoms with Crippen LogP contribution in [0.1, 0.15) is 26.7 Å². The molecular weight excluding hydrogens is 160 g/mol. The normalized spacial score (nSPS) is 17.5. The zero-order valence-corrected chi connectivity index (χ0v) is 8.71. The number of allylic oxidation sites excluding steroid dienone is 4. The van der Waals surface area contributed by atoms with E-state index in [9.17, 15) is 0 Å². The molecule has 0 heterocycles. The Bertz CT molecular complexity index is 244. The van der Waals surface area contributed by atoms with Crippen molar-refractivity contribution in [2.75, 3.05) is 7.11 Å². The summed E-state index contributed by atoms with van der Waals surface area (Å²) in [5, 5.41) is 0. The molecule has 13 heavy (non-hydrogen) atoms. The van der Waals surface area contributed by atoms with Crippen LogP contribution in [0.2, 0.25) is 0 Å². The van der Waals surface area contributed by atoms with Crippen LogP contribution in [0.3, 0.4) is 0 Å². The smallest absolute Gasteiger partial charge is 0.121 e. The Labute approximate surface area is 80.8 Å². The topological polar surface area (TPSA) is 9.23 Å². The lowest BCUT2D eigenvalue weighted by Crippen LogP contribution is -1.95. The largest absolute Gasteiger partial charge is 0.496 e. The molecule has 72 valence electrons. The van der Waals surface area contributed by atoms with E-state index in [1.807, 2.05) is 0 Å². The number of ether oxygens (including phenoxy) is 1. The van der Waals surface area contributed by atoms with Gasteiger partial charge in [0.2, 0.25) is 0 Å². The van der Waals surface area contributed by atoms with Crippen molar-refractivity contribution in [1.82, 2.24) is 0 Å². The molecular formula is C12H18O. The molecule has 0 radical (unpaired) electrons. The monoisotopic (exact) mass is 178 g/mol. The highest BCUT2D eigenvalue weighted by Crippen LogP contribution is 2.20. The quantitative estimate of drug-likeness (QED) is 0.643. The highest BCUT2D eigenvalue weighted by atomic mass is 16.5. The maximum atomic E-state index is 5.28. The fraction of sp³-hybridized carbons (Fsp3) is 0.500. The van der Waals surface area contributed by atoms with Gasteiger partial charge < -0.3 is 4.74 Å². The van der Waals surface area contributed by atoms with Crippen molar-refractivity contribution in [3.63, 3.8) is 0 Å². The summed E-state index contributed by atoms with van der Waals surface area (Å²) >= 11 is 0. The van der Waals surface area contributed by atoms with Gasteiger partial charge in [-0.15, -0.1) is 0 Å². The Morgan fingerprint density at radius 1 is 1.31 bits per heavy atom.